The number of phenolic OH excluding ortho intramolecular Hbond substituents is 1. The molecule has 2 aliphatic rings. The molecule has 1 aliphatic heterocycles. The van der Waals surface area contributed by atoms with Crippen molar-refractivity contribution in [1.82, 2.24) is 4.72 Å². The second kappa shape index (κ2) is 7.93. The van der Waals surface area contributed by atoms with E-state index >= 15 is 0 Å². The summed E-state index contributed by atoms with van der Waals surface area (Å²) in [7, 11) is -1.65. The van der Waals surface area contributed by atoms with E-state index in [-0.39, 0.29) is 11.7 Å². The zero-order valence-corrected chi connectivity index (χ0v) is 20.0. The number of amides is 1. The summed E-state index contributed by atoms with van der Waals surface area (Å²) in [6.07, 6.45) is 3.12. The van der Waals surface area contributed by atoms with E-state index in [2.05, 4.69) is 47.2 Å². The topological polar surface area (TPSA) is 79.5 Å². The number of phenols is 1. The summed E-state index contributed by atoms with van der Waals surface area (Å²) in [5, 5.41) is 13.0. The van der Waals surface area contributed by atoms with Gasteiger partial charge in [0.1, 0.15) is 16.9 Å². The van der Waals surface area contributed by atoms with Crippen LogP contribution in [0.1, 0.15) is 34.6 Å². The smallest absolute Gasteiger partial charge is 0.257 e. The van der Waals surface area contributed by atoms with E-state index in [4.69, 9.17) is 4.42 Å². The van der Waals surface area contributed by atoms with Crippen LogP contribution in [0.4, 0.5) is 0 Å². The second-order valence-electron chi connectivity index (χ2n) is 9.27. The fourth-order valence-electron chi connectivity index (χ4n) is 5.71. The maximum Gasteiger partial charge on any atom is 0.257 e. The highest BCUT2D eigenvalue weighted by Crippen LogP contribution is 2.45. The summed E-state index contributed by atoms with van der Waals surface area (Å²) >= 11 is 0. The Balaban J connectivity index is 1.31. The molecule has 2 atom stereocenters. The normalized spacial score (nSPS) is 19.0. The van der Waals surface area contributed by atoms with Crippen LogP contribution in [-0.2, 0) is 22.2 Å². The minimum absolute atomic E-state index is 0.0280. The van der Waals surface area contributed by atoms with Crippen molar-refractivity contribution in [1.29, 1.82) is 0 Å². The van der Waals surface area contributed by atoms with Crippen molar-refractivity contribution in [3.8, 4) is 16.9 Å². The zero-order valence-electron chi connectivity index (χ0n) is 19.2. The maximum absolute atomic E-state index is 12.2. The molecule has 5 nitrogen and oxygen atoms in total. The number of carbonyl (C=O) groups excluding carboxylic acids is 1. The number of aromatic hydroxyl groups is 1. The van der Waals surface area contributed by atoms with Crippen molar-refractivity contribution in [2.45, 2.75) is 18.8 Å². The Bertz CT molecular complexity index is 1780. The molecule has 4 aromatic carbocycles. The van der Waals surface area contributed by atoms with Crippen molar-refractivity contribution in [2.24, 2.45) is 0 Å². The number of para-hydroxylation sites is 2. The fraction of sp³-hybridized carbons (Fsp3) is 0.100. The zero-order chi connectivity index (χ0) is 24.4. The van der Waals surface area contributed by atoms with Crippen LogP contribution >= 0.6 is 0 Å². The number of nitrogens with one attached hydrogen (secondary N) is 1. The van der Waals surface area contributed by atoms with Gasteiger partial charge in [-0.05, 0) is 53.3 Å². The molecule has 36 heavy (non-hydrogen) atoms. The molecule has 0 saturated carbocycles. The van der Waals surface area contributed by atoms with Gasteiger partial charge in [-0.1, -0.05) is 60.7 Å². The lowest BCUT2D eigenvalue weighted by Gasteiger charge is -2.15. The molecule has 6 heteroatoms. The Labute approximate surface area is 209 Å². The summed E-state index contributed by atoms with van der Waals surface area (Å²) in [5.41, 5.74) is 8.01. The summed E-state index contributed by atoms with van der Waals surface area (Å²) in [5.74, 6) is -0.249. The average molecular weight is 492 g/mol. The Morgan fingerprint density at radius 3 is 2.53 bits per heavy atom. The van der Waals surface area contributed by atoms with Crippen molar-refractivity contribution >= 4 is 43.7 Å². The SMILES string of the molecule is O=C1C=C(c2ccc([C@H]3CCc4c(-c5cccc6c5oc5ccccc56)cccc43)cc2O)S(=O)N1. The molecule has 1 aromatic heterocycles. The van der Waals surface area contributed by atoms with E-state index in [9.17, 15) is 14.1 Å². The second-order valence-corrected chi connectivity index (χ2v) is 10.4. The van der Waals surface area contributed by atoms with Gasteiger partial charge in [-0.25, -0.2) is 4.21 Å². The minimum Gasteiger partial charge on any atom is -0.507 e. The van der Waals surface area contributed by atoms with Gasteiger partial charge in [0, 0.05) is 33.9 Å². The van der Waals surface area contributed by atoms with Gasteiger partial charge >= 0.3 is 0 Å². The lowest BCUT2D eigenvalue weighted by molar-refractivity contribution is -0.114. The maximum atomic E-state index is 12.2. The average Bonchev–Trinajstić information content (AvgIpc) is 3.58. The summed E-state index contributed by atoms with van der Waals surface area (Å²) in [4.78, 5) is 11.9. The first-order valence-electron chi connectivity index (χ1n) is 11.9. The standard InChI is InChI=1S/C30H21NO4S/c32-26-15-17(11-12-25(26)28-16-29(33)31-36(28)34)18-13-14-21-19(18)6-3-7-20(21)23-8-4-9-24-22-5-1-2-10-27(22)35-30(23)24/h1-12,15-16,18,32H,13-14H2,(H,31,33)/t18-,36?/m1/s1. The predicted octanol–water partition coefficient (Wildman–Crippen LogP) is 6.17. The van der Waals surface area contributed by atoms with Gasteiger partial charge in [0.15, 0.2) is 11.0 Å². The molecule has 1 amide bonds. The molecule has 2 N–H and O–H groups in total. The van der Waals surface area contributed by atoms with Crippen molar-refractivity contribution < 1.29 is 18.5 Å². The molecule has 2 heterocycles. The van der Waals surface area contributed by atoms with E-state index in [1.165, 1.54) is 22.8 Å². The number of carbonyl (C=O) groups is 1. The monoisotopic (exact) mass is 491 g/mol. The fourth-order valence-corrected chi connectivity index (χ4v) is 6.65. The van der Waals surface area contributed by atoms with Gasteiger partial charge in [0.25, 0.3) is 5.91 Å². The highest BCUT2D eigenvalue weighted by Gasteiger charge is 2.29. The number of hydrogen-bond donors (Lipinski definition) is 2. The summed E-state index contributed by atoms with van der Waals surface area (Å²) in [6, 6.07) is 26.3. The largest absolute Gasteiger partial charge is 0.507 e. The van der Waals surface area contributed by atoms with Gasteiger partial charge in [0.05, 0.1) is 4.91 Å². The molecule has 1 unspecified atom stereocenters. The van der Waals surface area contributed by atoms with Crippen LogP contribution in [-0.4, -0.2) is 15.2 Å². The first-order chi connectivity index (χ1) is 17.6. The van der Waals surface area contributed by atoms with Crippen LogP contribution in [0.3, 0.4) is 0 Å². The molecule has 0 bridgehead atoms. The summed E-state index contributed by atoms with van der Waals surface area (Å²) < 4.78 is 20.8. The molecule has 0 saturated heterocycles. The first-order valence-corrected chi connectivity index (χ1v) is 13.0. The predicted molar refractivity (Wildman–Crippen MR) is 142 cm³/mol. The highest BCUT2D eigenvalue weighted by molar-refractivity contribution is 7.94. The van der Waals surface area contributed by atoms with Crippen LogP contribution in [0.2, 0.25) is 0 Å². The number of hydrogen-bond acceptors (Lipinski definition) is 4. The third-order valence-electron chi connectivity index (χ3n) is 7.31. The van der Waals surface area contributed by atoms with E-state index in [1.807, 2.05) is 24.3 Å². The molecular formula is C30H21NO4S. The highest BCUT2D eigenvalue weighted by atomic mass is 32.2. The van der Waals surface area contributed by atoms with Gasteiger partial charge in [-0.15, -0.1) is 0 Å². The summed E-state index contributed by atoms with van der Waals surface area (Å²) in [6.45, 7) is 0. The van der Waals surface area contributed by atoms with Gasteiger partial charge in [-0.2, -0.15) is 0 Å². The van der Waals surface area contributed by atoms with Crippen molar-refractivity contribution in [3.63, 3.8) is 0 Å². The quantitative estimate of drug-likeness (QED) is 0.316. The van der Waals surface area contributed by atoms with Crippen LogP contribution in [0, 0.1) is 0 Å². The lowest BCUT2D eigenvalue weighted by Crippen LogP contribution is -2.16. The number of fused-ring (bicyclic) bond motifs is 4. The minimum atomic E-state index is -1.65. The first kappa shape index (κ1) is 21.1. The number of rotatable bonds is 3. The molecular weight excluding hydrogens is 470 g/mol. The third-order valence-corrected chi connectivity index (χ3v) is 8.43. The third kappa shape index (κ3) is 3.14. The van der Waals surface area contributed by atoms with E-state index in [0.717, 1.165) is 45.9 Å². The van der Waals surface area contributed by atoms with Crippen LogP contribution in [0.5, 0.6) is 5.75 Å². The Morgan fingerprint density at radius 1 is 0.889 bits per heavy atom. The lowest BCUT2D eigenvalue weighted by atomic mass is 9.89. The molecule has 1 aliphatic carbocycles. The van der Waals surface area contributed by atoms with Crippen LogP contribution in [0.25, 0.3) is 38.0 Å². The molecule has 5 aromatic rings. The molecule has 7 rings (SSSR count). The van der Waals surface area contributed by atoms with Gasteiger partial charge < -0.3 is 9.52 Å². The van der Waals surface area contributed by atoms with Gasteiger partial charge in [-0.3, -0.25) is 9.52 Å². The van der Waals surface area contributed by atoms with E-state index in [1.54, 1.807) is 12.1 Å². The van der Waals surface area contributed by atoms with Gasteiger partial charge in [0.2, 0.25) is 0 Å². The number of benzene rings is 4. The molecule has 0 radical (unpaired) electrons. The Hall–Kier alpha value is -4.16. The van der Waals surface area contributed by atoms with Crippen LogP contribution in [0.15, 0.2) is 89.4 Å². The van der Waals surface area contributed by atoms with Crippen LogP contribution < -0.4 is 4.72 Å². The van der Waals surface area contributed by atoms with E-state index in [0.29, 0.717) is 10.5 Å². The number of furan rings is 1. The van der Waals surface area contributed by atoms with Crippen molar-refractivity contribution in [2.75, 3.05) is 0 Å². The molecule has 0 spiro atoms. The molecule has 176 valence electrons. The Morgan fingerprint density at radius 2 is 1.69 bits per heavy atom. The van der Waals surface area contributed by atoms with E-state index < -0.39 is 16.9 Å². The molecule has 0 fully saturated rings. The van der Waals surface area contributed by atoms with Crippen molar-refractivity contribution in [3.05, 3.63) is 107 Å². The Kier molecular flexibility index (Phi) is 4.66.